The van der Waals surface area contributed by atoms with Gasteiger partial charge < -0.3 is 10.0 Å². The standard InChI is InChI=1S/C11H11BN2O2S/c15-12(16)10-4-2-1-3-9(10)8-17-11-7-13-5-6-14-11/h1-7,15-16H,8H2. The van der Waals surface area contributed by atoms with Crippen molar-refractivity contribution in [2.45, 2.75) is 10.8 Å². The molecule has 1 heterocycles. The van der Waals surface area contributed by atoms with Gasteiger partial charge in [0.25, 0.3) is 0 Å². The van der Waals surface area contributed by atoms with Crippen LogP contribution in [0, 0.1) is 0 Å². The lowest BCUT2D eigenvalue weighted by Gasteiger charge is -2.07. The van der Waals surface area contributed by atoms with Crippen LogP contribution in [0.15, 0.2) is 47.9 Å². The highest BCUT2D eigenvalue weighted by Gasteiger charge is 2.15. The van der Waals surface area contributed by atoms with Crippen LogP contribution in [0.3, 0.4) is 0 Å². The molecule has 0 spiro atoms. The molecule has 0 atom stereocenters. The summed E-state index contributed by atoms with van der Waals surface area (Å²) in [6, 6.07) is 7.24. The van der Waals surface area contributed by atoms with Crippen LogP contribution in [-0.2, 0) is 5.75 Å². The zero-order valence-electron chi connectivity index (χ0n) is 9.02. The van der Waals surface area contributed by atoms with E-state index in [4.69, 9.17) is 0 Å². The second-order valence-electron chi connectivity index (χ2n) is 3.40. The number of nitrogens with zero attached hydrogens (tertiary/aromatic N) is 2. The van der Waals surface area contributed by atoms with Gasteiger partial charge in [-0.1, -0.05) is 24.3 Å². The van der Waals surface area contributed by atoms with E-state index in [2.05, 4.69) is 9.97 Å². The Morgan fingerprint density at radius 3 is 2.71 bits per heavy atom. The summed E-state index contributed by atoms with van der Waals surface area (Å²) in [5.74, 6) is 0.631. The van der Waals surface area contributed by atoms with Crippen LogP contribution in [-0.4, -0.2) is 27.1 Å². The molecule has 17 heavy (non-hydrogen) atoms. The zero-order chi connectivity index (χ0) is 12.1. The fraction of sp³-hybridized carbons (Fsp3) is 0.0909. The second-order valence-corrected chi connectivity index (χ2v) is 4.40. The summed E-state index contributed by atoms with van der Waals surface area (Å²) in [5.41, 5.74) is 1.42. The number of benzene rings is 1. The first-order valence-electron chi connectivity index (χ1n) is 5.10. The Labute approximate surface area is 104 Å². The lowest BCUT2D eigenvalue weighted by atomic mass is 9.77. The highest BCUT2D eigenvalue weighted by Crippen LogP contribution is 2.18. The molecule has 0 saturated heterocycles. The van der Waals surface area contributed by atoms with Gasteiger partial charge in [0.2, 0.25) is 0 Å². The van der Waals surface area contributed by atoms with Crippen molar-refractivity contribution in [3.05, 3.63) is 48.4 Å². The van der Waals surface area contributed by atoms with E-state index in [1.165, 1.54) is 11.8 Å². The van der Waals surface area contributed by atoms with Gasteiger partial charge in [0, 0.05) is 18.1 Å². The van der Waals surface area contributed by atoms with Gasteiger partial charge in [-0.15, -0.1) is 11.8 Å². The molecule has 0 amide bonds. The van der Waals surface area contributed by atoms with E-state index >= 15 is 0 Å². The molecule has 0 aliphatic heterocycles. The van der Waals surface area contributed by atoms with Gasteiger partial charge in [0.1, 0.15) is 5.03 Å². The maximum absolute atomic E-state index is 9.22. The molecule has 2 rings (SSSR count). The van der Waals surface area contributed by atoms with Crippen molar-refractivity contribution >= 4 is 24.3 Å². The van der Waals surface area contributed by atoms with Crippen molar-refractivity contribution in [2.75, 3.05) is 0 Å². The fourth-order valence-electron chi connectivity index (χ4n) is 1.43. The highest BCUT2D eigenvalue weighted by molar-refractivity contribution is 7.98. The first-order valence-corrected chi connectivity index (χ1v) is 6.08. The van der Waals surface area contributed by atoms with E-state index < -0.39 is 7.12 Å². The maximum atomic E-state index is 9.22. The minimum atomic E-state index is -1.44. The van der Waals surface area contributed by atoms with E-state index in [0.29, 0.717) is 11.2 Å². The van der Waals surface area contributed by atoms with Crippen molar-refractivity contribution in [3.8, 4) is 0 Å². The average Bonchev–Trinajstić information content (AvgIpc) is 2.38. The van der Waals surface area contributed by atoms with Gasteiger partial charge in [0.15, 0.2) is 0 Å². The molecule has 1 aromatic heterocycles. The number of rotatable bonds is 4. The monoisotopic (exact) mass is 246 g/mol. The van der Waals surface area contributed by atoms with E-state index in [1.807, 2.05) is 12.1 Å². The Morgan fingerprint density at radius 2 is 2.00 bits per heavy atom. The summed E-state index contributed by atoms with van der Waals surface area (Å²) in [5, 5.41) is 19.3. The maximum Gasteiger partial charge on any atom is 0.488 e. The van der Waals surface area contributed by atoms with Crippen molar-refractivity contribution in [2.24, 2.45) is 0 Å². The summed E-state index contributed by atoms with van der Waals surface area (Å²) < 4.78 is 0. The average molecular weight is 246 g/mol. The molecule has 0 unspecified atom stereocenters. The molecule has 0 fully saturated rings. The van der Waals surface area contributed by atoms with E-state index in [-0.39, 0.29) is 0 Å². The summed E-state index contributed by atoms with van der Waals surface area (Å²) in [7, 11) is -1.44. The Bertz CT molecular complexity index is 482. The number of aromatic nitrogens is 2. The molecule has 0 saturated carbocycles. The van der Waals surface area contributed by atoms with Crippen molar-refractivity contribution in [3.63, 3.8) is 0 Å². The first kappa shape index (κ1) is 12.1. The van der Waals surface area contributed by atoms with Gasteiger partial charge in [0.05, 0.1) is 6.20 Å². The van der Waals surface area contributed by atoms with Gasteiger partial charge in [-0.2, -0.15) is 0 Å². The molecule has 6 heteroatoms. The summed E-state index contributed by atoms with van der Waals surface area (Å²) >= 11 is 1.51. The van der Waals surface area contributed by atoms with Crippen LogP contribution in [0.2, 0.25) is 0 Å². The predicted molar refractivity (Wildman–Crippen MR) is 67.9 cm³/mol. The Balaban J connectivity index is 2.09. The number of thioether (sulfide) groups is 1. The molecular weight excluding hydrogens is 235 g/mol. The predicted octanol–water partition coefficient (Wildman–Crippen LogP) is 0.449. The van der Waals surface area contributed by atoms with Gasteiger partial charge in [-0.05, 0) is 11.0 Å². The van der Waals surface area contributed by atoms with Crippen LogP contribution in [0.1, 0.15) is 5.56 Å². The minimum Gasteiger partial charge on any atom is -0.423 e. The van der Waals surface area contributed by atoms with E-state index in [9.17, 15) is 10.0 Å². The molecule has 2 aromatic rings. The molecule has 2 N–H and O–H groups in total. The van der Waals surface area contributed by atoms with Crippen LogP contribution in [0.5, 0.6) is 0 Å². The smallest absolute Gasteiger partial charge is 0.423 e. The largest absolute Gasteiger partial charge is 0.488 e. The molecule has 0 aliphatic carbocycles. The molecule has 4 nitrogen and oxygen atoms in total. The topological polar surface area (TPSA) is 66.2 Å². The van der Waals surface area contributed by atoms with Crippen molar-refractivity contribution in [1.82, 2.24) is 9.97 Å². The fourth-order valence-corrected chi connectivity index (χ4v) is 2.27. The van der Waals surface area contributed by atoms with E-state index in [0.717, 1.165) is 10.6 Å². The first-order chi connectivity index (χ1) is 8.27. The second kappa shape index (κ2) is 5.81. The van der Waals surface area contributed by atoms with Crippen molar-refractivity contribution in [1.29, 1.82) is 0 Å². The SMILES string of the molecule is OB(O)c1ccccc1CSc1cnccn1. The number of hydrogen-bond donors (Lipinski definition) is 2. The Morgan fingerprint density at radius 1 is 1.18 bits per heavy atom. The van der Waals surface area contributed by atoms with Gasteiger partial charge >= 0.3 is 7.12 Å². The summed E-state index contributed by atoms with van der Waals surface area (Å²) in [6.45, 7) is 0. The Kier molecular flexibility index (Phi) is 4.14. The summed E-state index contributed by atoms with van der Waals surface area (Å²) in [4.78, 5) is 8.12. The zero-order valence-corrected chi connectivity index (χ0v) is 9.84. The van der Waals surface area contributed by atoms with Crippen LogP contribution >= 0.6 is 11.8 Å². The quantitative estimate of drug-likeness (QED) is 0.605. The van der Waals surface area contributed by atoms with Crippen LogP contribution in [0.4, 0.5) is 0 Å². The highest BCUT2D eigenvalue weighted by atomic mass is 32.2. The third-order valence-corrected chi connectivity index (χ3v) is 3.21. The number of hydrogen-bond acceptors (Lipinski definition) is 5. The molecule has 0 bridgehead atoms. The lowest BCUT2D eigenvalue weighted by Crippen LogP contribution is -2.32. The van der Waals surface area contributed by atoms with Gasteiger partial charge in [-0.25, -0.2) is 4.98 Å². The third-order valence-electron chi connectivity index (χ3n) is 2.25. The lowest BCUT2D eigenvalue weighted by molar-refractivity contribution is 0.425. The Hall–Kier alpha value is -1.37. The summed E-state index contributed by atoms with van der Waals surface area (Å²) in [6.07, 6.45) is 4.94. The third kappa shape index (κ3) is 3.29. The van der Waals surface area contributed by atoms with Crippen LogP contribution < -0.4 is 5.46 Å². The molecule has 1 aromatic carbocycles. The molecular formula is C11H11BN2O2S. The normalized spacial score (nSPS) is 10.2. The van der Waals surface area contributed by atoms with Crippen molar-refractivity contribution < 1.29 is 10.0 Å². The minimum absolute atomic E-state index is 0.531. The van der Waals surface area contributed by atoms with Gasteiger partial charge in [-0.3, -0.25) is 4.98 Å². The molecule has 86 valence electrons. The molecule has 0 radical (unpaired) electrons. The molecule has 0 aliphatic rings. The van der Waals surface area contributed by atoms with Crippen LogP contribution in [0.25, 0.3) is 0 Å². The van der Waals surface area contributed by atoms with E-state index in [1.54, 1.807) is 30.7 Å².